The van der Waals surface area contributed by atoms with Crippen molar-refractivity contribution in [3.8, 4) is 0 Å². The summed E-state index contributed by atoms with van der Waals surface area (Å²) in [7, 11) is 1.66. The third-order valence-corrected chi connectivity index (χ3v) is 4.00. The maximum atomic E-state index is 12.5. The molecule has 22 heavy (non-hydrogen) atoms. The van der Waals surface area contributed by atoms with Gasteiger partial charge < -0.3 is 5.73 Å². The van der Waals surface area contributed by atoms with Crippen molar-refractivity contribution < 1.29 is 4.79 Å². The standard InChI is InChI=1S/C16H21N3O.C2H6/c1-5-7-13-14(20)19(4)15(17)18-16(13,3)12-9-6-8-11(2)10-12;1-2/h5-6,8-10,13H,1,7H2,2-4H3,(H2,17,18);1-2H3. The molecule has 0 radical (unpaired) electrons. The van der Waals surface area contributed by atoms with E-state index in [0.717, 1.165) is 11.1 Å². The van der Waals surface area contributed by atoms with Crippen molar-refractivity contribution in [3.63, 3.8) is 0 Å². The Morgan fingerprint density at radius 1 is 1.45 bits per heavy atom. The molecule has 0 saturated carbocycles. The van der Waals surface area contributed by atoms with Crippen molar-refractivity contribution in [1.82, 2.24) is 4.90 Å². The van der Waals surface area contributed by atoms with Gasteiger partial charge in [-0.15, -0.1) is 6.58 Å². The van der Waals surface area contributed by atoms with E-state index in [1.54, 1.807) is 13.1 Å². The molecule has 120 valence electrons. The number of benzene rings is 1. The smallest absolute Gasteiger partial charge is 0.235 e. The van der Waals surface area contributed by atoms with E-state index >= 15 is 0 Å². The summed E-state index contributed by atoms with van der Waals surface area (Å²) in [6.45, 7) is 11.8. The Kier molecular flexibility index (Phi) is 5.92. The van der Waals surface area contributed by atoms with Crippen LogP contribution in [0.15, 0.2) is 41.9 Å². The predicted molar refractivity (Wildman–Crippen MR) is 92.6 cm³/mol. The van der Waals surface area contributed by atoms with Crippen LogP contribution in [0.2, 0.25) is 0 Å². The molecule has 0 aliphatic carbocycles. The Bertz CT molecular complexity index is 579. The van der Waals surface area contributed by atoms with Gasteiger partial charge in [0.1, 0.15) is 0 Å². The summed E-state index contributed by atoms with van der Waals surface area (Å²) in [6.07, 6.45) is 2.34. The lowest BCUT2D eigenvalue weighted by Gasteiger charge is -2.40. The number of rotatable bonds is 3. The molecule has 0 saturated heterocycles. The minimum atomic E-state index is -0.645. The second-order valence-corrected chi connectivity index (χ2v) is 5.46. The summed E-state index contributed by atoms with van der Waals surface area (Å²) in [4.78, 5) is 18.5. The summed E-state index contributed by atoms with van der Waals surface area (Å²) in [5.41, 5.74) is 7.41. The van der Waals surface area contributed by atoms with Gasteiger partial charge in [-0.1, -0.05) is 49.8 Å². The molecule has 4 nitrogen and oxygen atoms in total. The molecule has 2 unspecified atom stereocenters. The van der Waals surface area contributed by atoms with Gasteiger partial charge in [-0.2, -0.15) is 0 Å². The fraction of sp³-hybridized carbons (Fsp3) is 0.444. The van der Waals surface area contributed by atoms with Crippen molar-refractivity contribution >= 4 is 11.9 Å². The summed E-state index contributed by atoms with van der Waals surface area (Å²) < 4.78 is 0. The van der Waals surface area contributed by atoms with E-state index in [-0.39, 0.29) is 17.8 Å². The normalized spacial score (nSPS) is 24.2. The largest absolute Gasteiger partial charge is 0.369 e. The van der Waals surface area contributed by atoms with Crippen molar-refractivity contribution in [2.24, 2.45) is 16.6 Å². The second kappa shape index (κ2) is 7.25. The first-order valence-electron chi connectivity index (χ1n) is 7.71. The fourth-order valence-corrected chi connectivity index (χ4v) is 2.70. The van der Waals surface area contributed by atoms with Gasteiger partial charge in [0.05, 0.1) is 11.5 Å². The number of aryl methyl sites for hydroxylation is 1. The molecule has 4 heteroatoms. The van der Waals surface area contributed by atoms with Gasteiger partial charge in [-0.25, -0.2) is 4.99 Å². The topological polar surface area (TPSA) is 58.7 Å². The first-order valence-corrected chi connectivity index (χ1v) is 7.71. The first kappa shape index (κ1) is 18.0. The third kappa shape index (κ3) is 3.21. The SMILES string of the molecule is C=CCC1C(=O)N(C)C(N)=NC1(C)c1cccc(C)c1.CC. The van der Waals surface area contributed by atoms with Crippen LogP contribution in [0.4, 0.5) is 0 Å². The number of aliphatic imine (C=N–C) groups is 1. The van der Waals surface area contributed by atoms with Crippen molar-refractivity contribution in [3.05, 3.63) is 48.0 Å². The lowest BCUT2D eigenvalue weighted by molar-refractivity contribution is -0.133. The third-order valence-electron chi connectivity index (χ3n) is 4.00. The van der Waals surface area contributed by atoms with Crippen LogP contribution in [0.1, 0.15) is 38.3 Å². The molecule has 0 bridgehead atoms. The average molecular weight is 301 g/mol. The zero-order valence-electron chi connectivity index (χ0n) is 14.3. The lowest BCUT2D eigenvalue weighted by atomic mass is 9.76. The monoisotopic (exact) mass is 301 g/mol. The maximum absolute atomic E-state index is 12.5. The quantitative estimate of drug-likeness (QED) is 0.871. The van der Waals surface area contributed by atoms with Gasteiger partial charge in [0.25, 0.3) is 0 Å². The Morgan fingerprint density at radius 3 is 2.64 bits per heavy atom. The van der Waals surface area contributed by atoms with Crippen LogP contribution in [0, 0.1) is 12.8 Å². The van der Waals surface area contributed by atoms with E-state index in [1.807, 2.05) is 45.9 Å². The highest BCUT2D eigenvalue weighted by molar-refractivity contribution is 6.00. The molecular weight excluding hydrogens is 274 g/mol. The molecule has 1 aromatic rings. The van der Waals surface area contributed by atoms with E-state index in [4.69, 9.17) is 5.73 Å². The average Bonchev–Trinajstić information content (AvgIpc) is 2.51. The van der Waals surface area contributed by atoms with Gasteiger partial charge in [-0.05, 0) is 25.8 Å². The Balaban J connectivity index is 0.00000116. The molecule has 2 rings (SSSR count). The van der Waals surface area contributed by atoms with E-state index in [9.17, 15) is 4.79 Å². The Morgan fingerprint density at radius 2 is 2.09 bits per heavy atom. The molecule has 0 aromatic heterocycles. The molecule has 1 amide bonds. The van der Waals surface area contributed by atoms with Crippen LogP contribution in [-0.4, -0.2) is 23.8 Å². The number of hydrogen-bond acceptors (Lipinski definition) is 3. The number of allylic oxidation sites excluding steroid dienone is 1. The lowest BCUT2D eigenvalue weighted by Crippen LogP contribution is -2.53. The highest BCUT2D eigenvalue weighted by Gasteiger charge is 2.45. The number of carbonyl (C=O) groups is 1. The number of amides is 1. The molecule has 1 aliphatic rings. The molecule has 2 atom stereocenters. The van der Waals surface area contributed by atoms with Crippen molar-refractivity contribution in [1.29, 1.82) is 0 Å². The van der Waals surface area contributed by atoms with Crippen molar-refractivity contribution in [2.45, 2.75) is 39.7 Å². The summed E-state index contributed by atoms with van der Waals surface area (Å²) in [5, 5.41) is 0. The number of nitrogens with zero attached hydrogens (tertiary/aromatic N) is 2. The van der Waals surface area contributed by atoms with Crippen LogP contribution in [0.25, 0.3) is 0 Å². The minimum absolute atomic E-state index is 0.0126. The number of guanidine groups is 1. The van der Waals surface area contributed by atoms with E-state index < -0.39 is 5.54 Å². The second-order valence-electron chi connectivity index (χ2n) is 5.46. The highest BCUT2D eigenvalue weighted by atomic mass is 16.2. The molecule has 0 fully saturated rings. The van der Waals surface area contributed by atoms with E-state index in [0.29, 0.717) is 6.42 Å². The molecule has 1 aromatic carbocycles. The fourth-order valence-electron chi connectivity index (χ4n) is 2.70. The molecule has 1 heterocycles. The van der Waals surface area contributed by atoms with E-state index in [1.165, 1.54) is 4.90 Å². The van der Waals surface area contributed by atoms with Gasteiger partial charge in [0.15, 0.2) is 5.96 Å². The summed E-state index contributed by atoms with van der Waals surface area (Å²) in [6, 6.07) is 8.07. The molecule has 0 spiro atoms. The maximum Gasteiger partial charge on any atom is 0.235 e. The zero-order valence-corrected chi connectivity index (χ0v) is 14.3. The predicted octanol–water partition coefficient (Wildman–Crippen LogP) is 3.22. The Labute approximate surface area is 133 Å². The van der Waals surface area contributed by atoms with Gasteiger partial charge in [0.2, 0.25) is 5.91 Å². The Hall–Kier alpha value is -2.10. The van der Waals surface area contributed by atoms with Crippen LogP contribution < -0.4 is 5.73 Å². The summed E-state index contributed by atoms with van der Waals surface area (Å²) >= 11 is 0. The van der Waals surface area contributed by atoms with Crippen LogP contribution in [0.3, 0.4) is 0 Å². The molecular formula is C18H27N3O. The van der Waals surface area contributed by atoms with Gasteiger partial charge in [0, 0.05) is 7.05 Å². The summed E-state index contributed by atoms with van der Waals surface area (Å²) in [5.74, 6) is -0.0279. The number of hydrogen-bond donors (Lipinski definition) is 1. The zero-order chi connectivity index (χ0) is 16.9. The van der Waals surface area contributed by atoms with Crippen LogP contribution in [0.5, 0.6) is 0 Å². The van der Waals surface area contributed by atoms with Crippen LogP contribution in [-0.2, 0) is 10.3 Å². The van der Waals surface area contributed by atoms with Crippen LogP contribution >= 0.6 is 0 Å². The molecule has 1 aliphatic heterocycles. The number of carbonyl (C=O) groups excluding carboxylic acids is 1. The van der Waals surface area contributed by atoms with E-state index in [2.05, 4.69) is 17.6 Å². The first-order chi connectivity index (χ1) is 10.4. The highest BCUT2D eigenvalue weighted by Crippen LogP contribution is 2.39. The van der Waals surface area contributed by atoms with Gasteiger partial charge >= 0.3 is 0 Å². The molecule has 2 N–H and O–H groups in total. The number of nitrogens with two attached hydrogens (primary N) is 1. The minimum Gasteiger partial charge on any atom is -0.369 e. The van der Waals surface area contributed by atoms with Crippen molar-refractivity contribution in [2.75, 3.05) is 7.05 Å². The van der Waals surface area contributed by atoms with Gasteiger partial charge in [-0.3, -0.25) is 9.69 Å².